The molecular weight excluding hydrogens is 322 g/mol. The highest BCUT2D eigenvalue weighted by Crippen LogP contribution is 2.43. The zero-order valence-corrected chi connectivity index (χ0v) is 14.7. The van der Waals surface area contributed by atoms with E-state index in [1.54, 1.807) is 0 Å². The Kier molecular flexibility index (Phi) is 4.30. The number of fused-ring (bicyclic) bond motifs is 3. The number of carbonyl (C=O) groups excluding carboxylic acids is 1. The molecule has 2 fully saturated rings. The standard InChI is InChI=1S/C20H26F2N2O/c1-11-17-9-15(21)10-18(22)16(17)5-6-24(11)20(25)14-7-12-3-2-4-13(8-14)19(12)23/h9-14,19H,2-8,23H2,1H3. The van der Waals surface area contributed by atoms with Crippen LogP contribution < -0.4 is 5.73 Å². The molecule has 4 rings (SSSR count). The highest BCUT2D eigenvalue weighted by atomic mass is 19.1. The quantitative estimate of drug-likeness (QED) is 0.843. The molecule has 1 aliphatic heterocycles. The maximum absolute atomic E-state index is 14.0. The summed E-state index contributed by atoms with van der Waals surface area (Å²) in [4.78, 5) is 15.0. The lowest BCUT2D eigenvalue weighted by molar-refractivity contribution is -0.141. The van der Waals surface area contributed by atoms with Gasteiger partial charge in [0.05, 0.1) is 6.04 Å². The Morgan fingerprint density at radius 3 is 2.56 bits per heavy atom. The number of hydrogen-bond donors (Lipinski definition) is 1. The topological polar surface area (TPSA) is 46.3 Å². The lowest BCUT2D eigenvalue weighted by Crippen LogP contribution is -2.50. The number of nitrogens with zero attached hydrogens (tertiary/aromatic N) is 1. The van der Waals surface area contributed by atoms with Gasteiger partial charge >= 0.3 is 0 Å². The molecule has 1 heterocycles. The Balaban J connectivity index is 1.55. The first-order valence-electron chi connectivity index (χ1n) is 9.49. The van der Waals surface area contributed by atoms with E-state index < -0.39 is 11.6 Å². The smallest absolute Gasteiger partial charge is 0.226 e. The van der Waals surface area contributed by atoms with Gasteiger partial charge in [0.2, 0.25) is 5.91 Å². The molecular formula is C20H26F2N2O. The summed E-state index contributed by atoms with van der Waals surface area (Å²) in [5.74, 6) is -0.0146. The number of halogens is 2. The van der Waals surface area contributed by atoms with Crippen molar-refractivity contribution in [3.05, 3.63) is 34.9 Å². The Bertz CT molecular complexity index is 679. The van der Waals surface area contributed by atoms with Crippen LogP contribution in [0.5, 0.6) is 0 Å². The lowest BCUT2D eigenvalue weighted by atomic mass is 9.64. The second-order valence-electron chi connectivity index (χ2n) is 8.11. The predicted octanol–water partition coefficient (Wildman–Crippen LogP) is 3.56. The first-order valence-corrected chi connectivity index (χ1v) is 9.49. The number of benzene rings is 1. The van der Waals surface area contributed by atoms with Gasteiger partial charge in [-0.2, -0.15) is 0 Å². The molecule has 3 atom stereocenters. The average molecular weight is 348 g/mol. The number of amides is 1. The highest BCUT2D eigenvalue weighted by Gasteiger charge is 2.43. The van der Waals surface area contributed by atoms with E-state index in [1.165, 1.54) is 12.5 Å². The summed E-state index contributed by atoms with van der Waals surface area (Å²) in [6.07, 6.45) is 5.65. The molecule has 5 heteroatoms. The van der Waals surface area contributed by atoms with Crippen LogP contribution in [0.3, 0.4) is 0 Å². The fourth-order valence-electron chi connectivity index (χ4n) is 5.38. The van der Waals surface area contributed by atoms with Gasteiger partial charge < -0.3 is 10.6 Å². The van der Waals surface area contributed by atoms with Gasteiger partial charge in [0, 0.05) is 24.6 Å². The van der Waals surface area contributed by atoms with Crippen molar-refractivity contribution >= 4 is 5.91 Å². The van der Waals surface area contributed by atoms with Gasteiger partial charge in [-0.25, -0.2) is 8.78 Å². The molecule has 25 heavy (non-hydrogen) atoms. The van der Waals surface area contributed by atoms with Crippen LogP contribution in [0.25, 0.3) is 0 Å². The average Bonchev–Trinajstić information content (AvgIpc) is 2.55. The van der Waals surface area contributed by atoms with Crippen LogP contribution in [0.1, 0.15) is 56.2 Å². The minimum absolute atomic E-state index is 0.0116. The van der Waals surface area contributed by atoms with Crippen molar-refractivity contribution in [2.45, 2.75) is 57.5 Å². The van der Waals surface area contributed by atoms with Crippen molar-refractivity contribution in [2.75, 3.05) is 6.54 Å². The van der Waals surface area contributed by atoms with Crippen molar-refractivity contribution < 1.29 is 13.6 Å². The molecule has 2 saturated carbocycles. The van der Waals surface area contributed by atoms with Gasteiger partial charge in [-0.1, -0.05) is 6.42 Å². The van der Waals surface area contributed by atoms with Gasteiger partial charge in [-0.15, -0.1) is 0 Å². The molecule has 0 spiro atoms. The Labute approximate surface area is 147 Å². The van der Waals surface area contributed by atoms with Gasteiger partial charge in [-0.05, 0) is 68.1 Å². The summed E-state index contributed by atoms with van der Waals surface area (Å²) in [7, 11) is 0. The van der Waals surface area contributed by atoms with E-state index in [-0.39, 0.29) is 23.9 Å². The number of rotatable bonds is 1. The molecule has 3 aliphatic rings. The zero-order chi connectivity index (χ0) is 17.7. The molecule has 2 aliphatic carbocycles. The molecule has 1 amide bonds. The van der Waals surface area contributed by atoms with Crippen molar-refractivity contribution in [1.82, 2.24) is 4.90 Å². The van der Waals surface area contributed by atoms with Crippen LogP contribution in [0, 0.1) is 29.4 Å². The summed E-state index contributed by atoms with van der Waals surface area (Å²) >= 11 is 0. The highest BCUT2D eigenvalue weighted by molar-refractivity contribution is 5.80. The summed E-state index contributed by atoms with van der Waals surface area (Å²) in [5, 5.41) is 0. The molecule has 3 nitrogen and oxygen atoms in total. The molecule has 136 valence electrons. The summed E-state index contributed by atoms with van der Waals surface area (Å²) < 4.78 is 27.7. The molecule has 2 N–H and O–H groups in total. The maximum atomic E-state index is 14.0. The third-order valence-corrected chi connectivity index (χ3v) is 6.76. The SMILES string of the molecule is CC1c2cc(F)cc(F)c2CCN1C(=O)C1CC2CCCC(C1)C2N. The fraction of sp³-hybridized carbons (Fsp3) is 0.650. The predicted molar refractivity (Wildman–Crippen MR) is 91.7 cm³/mol. The van der Waals surface area contributed by atoms with Crippen LogP contribution in [0.4, 0.5) is 8.78 Å². The number of hydrogen-bond acceptors (Lipinski definition) is 2. The van der Waals surface area contributed by atoms with E-state index in [0.29, 0.717) is 35.9 Å². The van der Waals surface area contributed by atoms with Gasteiger partial charge in [-0.3, -0.25) is 4.79 Å². The molecule has 0 radical (unpaired) electrons. The van der Waals surface area contributed by atoms with E-state index in [4.69, 9.17) is 5.73 Å². The minimum Gasteiger partial charge on any atom is -0.335 e. The second kappa shape index (κ2) is 6.35. The van der Waals surface area contributed by atoms with Crippen LogP contribution >= 0.6 is 0 Å². The molecule has 1 aromatic carbocycles. The first kappa shape index (κ1) is 17.0. The molecule has 0 aromatic heterocycles. The number of nitrogens with two attached hydrogens (primary N) is 1. The van der Waals surface area contributed by atoms with Crippen LogP contribution in [0.15, 0.2) is 12.1 Å². The van der Waals surface area contributed by atoms with Crippen LogP contribution in [-0.4, -0.2) is 23.4 Å². The first-order chi connectivity index (χ1) is 12.0. The minimum atomic E-state index is -0.574. The molecule has 0 saturated heterocycles. The van der Waals surface area contributed by atoms with Crippen molar-refractivity contribution in [2.24, 2.45) is 23.5 Å². The zero-order valence-electron chi connectivity index (χ0n) is 14.7. The Hall–Kier alpha value is -1.49. The third-order valence-electron chi connectivity index (χ3n) is 6.76. The molecule has 2 bridgehead atoms. The summed E-state index contributed by atoms with van der Waals surface area (Å²) in [5.41, 5.74) is 7.51. The largest absolute Gasteiger partial charge is 0.335 e. The normalized spacial score (nSPS) is 34.6. The van der Waals surface area contributed by atoms with E-state index in [2.05, 4.69) is 0 Å². The Morgan fingerprint density at radius 1 is 1.20 bits per heavy atom. The summed E-state index contributed by atoms with van der Waals surface area (Å²) in [6.45, 7) is 2.39. The number of carbonyl (C=O) groups is 1. The lowest BCUT2D eigenvalue weighted by Gasteiger charge is -2.46. The van der Waals surface area contributed by atoms with E-state index in [9.17, 15) is 13.6 Å². The summed E-state index contributed by atoms with van der Waals surface area (Å²) in [6, 6.07) is 2.28. The molecule has 1 aromatic rings. The van der Waals surface area contributed by atoms with Crippen molar-refractivity contribution in [3.63, 3.8) is 0 Å². The fourth-order valence-corrected chi connectivity index (χ4v) is 5.38. The Morgan fingerprint density at radius 2 is 1.88 bits per heavy atom. The van der Waals surface area contributed by atoms with Gasteiger partial charge in [0.25, 0.3) is 0 Å². The van der Waals surface area contributed by atoms with Crippen molar-refractivity contribution in [1.29, 1.82) is 0 Å². The third kappa shape index (κ3) is 2.86. The second-order valence-corrected chi connectivity index (χ2v) is 8.11. The van der Waals surface area contributed by atoms with Crippen molar-refractivity contribution in [3.8, 4) is 0 Å². The molecule has 3 unspecified atom stereocenters. The van der Waals surface area contributed by atoms with Gasteiger partial charge in [0.1, 0.15) is 11.6 Å². The van der Waals surface area contributed by atoms with Gasteiger partial charge in [0.15, 0.2) is 0 Å². The van der Waals surface area contributed by atoms with Crippen LogP contribution in [-0.2, 0) is 11.2 Å². The van der Waals surface area contributed by atoms with E-state index in [0.717, 1.165) is 31.7 Å². The maximum Gasteiger partial charge on any atom is 0.226 e. The monoisotopic (exact) mass is 348 g/mol. The van der Waals surface area contributed by atoms with Crippen LogP contribution in [0.2, 0.25) is 0 Å². The van der Waals surface area contributed by atoms with E-state index >= 15 is 0 Å². The van der Waals surface area contributed by atoms with E-state index in [1.807, 2.05) is 11.8 Å².